The highest BCUT2D eigenvalue weighted by Crippen LogP contribution is 2.53. The van der Waals surface area contributed by atoms with Crippen LogP contribution < -0.4 is 0 Å². The van der Waals surface area contributed by atoms with Crippen LogP contribution >= 0.6 is 27.5 Å². The van der Waals surface area contributed by atoms with Crippen LogP contribution in [0.5, 0.6) is 0 Å². The molecule has 0 atom stereocenters. The fraction of sp³-hybridized carbons (Fsp3) is 0. The molecule has 0 amide bonds. The number of rotatable bonds is 2. The standard InChI is InChI=1S/C28H16BrCl/c29-25-13-11-19-23-15-21(17-7-3-1-4-8-17)22(18-9-5-2-6-10-18)16-24(23)20-12-14-26(30)28(25)27(19)20/h1-16H. The molecule has 5 aromatic carbocycles. The maximum Gasteiger partial charge on any atom is 0.0496 e. The van der Waals surface area contributed by atoms with E-state index in [9.17, 15) is 0 Å². The van der Waals surface area contributed by atoms with Crippen molar-refractivity contribution in [3.05, 3.63) is 107 Å². The lowest BCUT2D eigenvalue weighted by Gasteiger charge is -2.14. The van der Waals surface area contributed by atoms with Gasteiger partial charge in [0, 0.05) is 14.9 Å². The molecular formula is C28H16BrCl. The highest BCUT2D eigenvalue weighted by Gasteiger charge is 2.25. The summed E-state index contributed by atoms with van der Waals surface area (Å²) < 4.78 is 1.03. The fourth-order valence-electron chi connectivity index (χ4n) is 4.62. The van der Waals surface area contributed by atoms with E-state index in [4.69, 9.17) is 11.6 Å². The lowest BCUT2D eigenvalue weighted by Crippen LogP contribution is -1.88. The van der Waals surface area contributed by atoms with Crippen molar-refractivity contribution >= 4 is 38.3 Å². The zero-order valence-corrected chi connectivity index (χ0v) is 18.3. The lowest BCUT2D eigenvalue weighted by molar-refractivity contribution is 1.58. The van der Waals surface area contributed by atoms with Crippen molar-refractivity contribution in [2.75, 3.05) is 0 Å². The molecule has 1 aliphatic rings. The summed E-state index contributed by atoms with van der Waals surface area (Å²) in [5.41, 5.74) is 9.97. The molecule has 0 unspecified atom stereocenters. The Balaban J connectivity index is 1.73. The third kappa shape index (κ3) is 2.59. The van der Waals surface area contributed by atoms with Gasteiger partial charge in [0.1, 0.15) is 0 Å². The Bertz CT molecular complexity index is 1330. The highest BCUT2D eigenvalue weighted by molar-refractivity contribution is 9.10. The molecule has 0 heterocycles. The minimum Gasteiger partial charge on any atom is -0.0836 e. The number of hydrogen-bond donors (Lipinski definition) is 0. The minimum absolute atomic E-state index is 0.779. The van der Waals surface area contributed by atoms with Gasteiger partial charge in [-0.3, -0.25) is 0 Å². The molecular weight excluding hydrogens is 452 g/mol. The van der Waals surface area contributed by atoms with Gasteiger partial charge in [-0.2, -0.15) is 0 Å². The van der Waals surface area contributed by atoms with E-state index in [1.165, 1.54) is 49.9 Å². The smallest absolute Gasteiger partial charge is 0.0496 e. The molecule has 6 rings (SSSR count). The normalized spacial score (nSPS) is 11.7. The average molecular weight is 468 g/mol. The number of benzene rings is 5. The van der Waals surface area contributed by atoms with Gasteiger partial charge >= 0.3 is 0 Å². The van der Waals surface area contributed by atoms with Gasteiger partial charge in [-0.25, -0.2) is 0 Å². The zero-order chi connectivity index (χ0) is 20.2. The van der Waals surface area contributed by atoms with Crippen molar-refractivity contribution in [2.24, 2.45) is 0 Å². The molecule has 2 heteroatoms. The molecule has 0 radical (unpaired) electrons. The fourth-order valence-corrected chi connectivity index (χ4v) is 5.54. The molecule has 0 aromatic heterocycles. The van der Waals surface area contributed by atoms with Crippen LogP contribution in [-0.2, 0) is 0 Å². The van der Waals surface area contributed by atoms with Gasteiger partial charge in [-0.05, 0) is 74.2 Å². The monoisotopic (exact) mass is 466 g/mol. The van der Waals surface area contributed by atoms with Crippen molar-refractivity contribution in [3.8, 4) is 44.5 Å². The quantitative estimate of drug-likeness (QED) is 0.238. The van der Waals surface area contributed by atoms with E-state index < -0.39 is 0 Å². The lowest BCUT2D eigenvalue weighted by atomic mass is 9.89. The van der Waals surface area contributed by atoms with E-state index in [1.807, 2.05) is 6.07 Å². The first-order valence-corrected chi connectivity index (χ1v) is 11.1. The Morgan fingerprint density at radius 2 is 0.967 bits per heavy atom. The summed E-state index contributed by atoms with van der Waals surface area (Å²) in [7, 11) is 0. The highest BCUT2D eigenvalue weighted by atomic mass is 79.9. The van der Waals surface area contributed by atoms with Gasteiger partial charge in [0.2, 0.25) is 0 Å². The molecule has 0 saturated heterocycles. The Labute approximate surface area is 188 Å². The summed E-state index contributed by atoms with van der Waals surface area (Å²) in [4.78, 5) is 0. The predicted molar refractivity (Wildman–Crippen MR) is 132 cm³/mol. The van der Waals surface area contributed by atoms with Crippen LogP contribution in [0.3, 0.4) is 0 Å². The SMILES string of the molecule is Clc1ccc2c3c(ccc(Br)c13)-c1cc(-c3ccccc3)c(-c3ccccc3)cc1-2. The van der Waals surface area contributed by atoms with E-state index in [0.717, 1.165) is 14.9 Å². The van der Waals surface area contributed by atoms with Crippen LogP contribution in [0.15, 0.2) is 102 Å². The van der Waals surface area contributed by atoms with Gasteiger partial charge in [0.25, 0.3) is 0 Å². The first kappa shape index (κ1) is 17.9. The molecule has 0 spiro atoms. The van der Waals surface area contributed by atoms with Gasteiger partial charge in [-0.15, -0.1) is 0 Å². The van der Waals surface area contributed by atoms with Crippen LogP contribution in [0.4, 0.5) is 0 Å². The molecule has 0 bridgehead atoms. The van der Waals surface area contributed by atoms with E-state index in [1.54, 1.807) is 0 Å². The van der Waals surface area contributed by atoms with E-state index >= 15 is 0 Å². The van der Waals surface area contributed by atoms with E-state index in [-0.39, 0.29) is 0 Å². The average Bonchev–Trinajstić information content (AvgIpc) is 3.11. The van der Waals surface area contributed by atoms with Gasteiger partial charge in [0.15, 0.2) is 0 Å². The molecule has 5 aromatic rings. The van der Waals surface area contributed by atoms with Crippen LogP contribution in [0.2, 0.25) is 5.02 Å². The van der Waals surface area contributed by atoms with E-state index in [0.29, 0.717) is 0 Å². The molecule has 0 aliphatic heterocycles. The van der Waals surface area contributed by atoms with Crippen molar-refractivity contribution < 1.29 is 0 Å². The summed E-state index contributed by atoms with van der Waals surface area (Å²) in [5.74, 6) is 0. The molecule has 0 saturated carbocycles. The van der Waals surface area contributed by atoms with Crippen LogP contribution in [0, 0.1) is 0 Å². The predicted octanol–water partition coefficient (Wildman–Crippen LogP) is 9.24. The van der Waals surface area contributed by atoms with Crippen molar-refractivity contribution in [3.63, 3.8) is 0 Å². The molecule has 30 heavy (non-hydrogen) atoms. The van der Waals surface area contributed by atoms with Crippen molar-refractivity contribution in [1.82, 2.24) is 0 Å². The second-order valence-corrected chi connectivity index (χ2v) is 8.88. The molecule has 1 aliphatic carbocycles. The minimum atomic E-state index is 0.779. The summed E-state index contributed by atoms with van der Waals surface area (Å²) in [6.45, 7) is 0. The van der Waals surface area contributed by atoms with Crippen LogP contribution in [0.1, 0.15) is 0 Å². The zero-order valence-electron chi connectivity index (χ0n) is 16.0. The largest absolute Gasteiger partial charge is 0.0836 e. The second kappa shape index (κ2) is 6.84. The first-order valence-electron chi connectivity index (χ1n) is 9.93. The van der Waals surface area contributed by atoms with E-state index in [2.05, 4.69) is 107 Å². The van der Waals surface area contributed by atoms with Crippen molar-refractivity contribution in [1.29, 1.82) is 0 Å². The Kier molecular flexibility index (Phi) is 4.09. The molecule has 142 valence electrons. The summed E-state index contributed by atoms with van der Waals surface area (Å²) in [6, 6.07) is 34.5. The maximum atomic E-state index is 6.60. The summed E-state index contributed by atoms with van der Waals surface area (Å²) in [5, 5.41) is 3.10. The number of hydrogen-bond acceptors (Lipinski definition) is 0. The molecule has 0 nitrogen and oxygen atoms in total. The summed E-state index contributed by atoms with van der Waals surface area (Å²) in [6.07, 6.45) is 0. The van der Waals surface area contributed by atoms with Gasteiger partial charge < -0.3 is 0 Å². The maximum absolute atomic E-state index is 6.60. The molecule has 0 N–H and O–H groups in total. The topological polar surface area (TPSA) is 0 Å². The van der Waals surface area contributed by atoms with Gasteiger partial charge in [0.05, 0.1) is 0 Å². The van der Waals surface area contributed by atoms with Crippen molar-refractivity contribution in [2.45, 2.75) is 0 Å². The third-order valence-corrected chi connectivity index (χ3v) is 6.94. The van der Waals surface area contributed by atoms with Crippen LogP contribution in [0.25, 0.3) is 55.3 Å². The Hall–Kier alpha value is -2.87. The second-order valence-electron chi connectivity index (χ2n) is 7.62. The number of fused-ring (bicyclic) bond motifs is 3. The summed E-state index contributed by atoms with van der Waals surface area (Å²) >= 11 is 10.3. The first-order chi connectivity index (χ1) is 14.7. The molecule has 0 fully saturated rings. The Morgan fingerprint density at radius 1 is 0.467 bits per heavy atom. The van der Waals surface area contributed by atoms with Crippen LogP contribution in [-0.4, -0.2) is 0 Å². The Morgan fingerprint density at radius 3 is 1.50 bits per heavy atom. The third-order valence-electron chi connectivity index (χ3n) is 5.97. The van der Waals surface area contributed by atoms with Gasteiger partial charge in [-0.1, -0.05) is 100 Å². The number of halogens is 2.